The van der Waals surface area contributed by atoms with Gasteiger partial charge in [0.2, 0.25) is 0 Å². The summed E-state index contributed by atoms with van der Waals surface area (Å²) in [7, 11) is 0. The topological polar surface area (TPSA) is 26.3 Å². The standard InChI is InChI=1S/C9H19O2PS2/c1-2-3-5-11-6-7-12(10)13-8-4-9-14-12/h2-9H2,1H3. The molecule has 0 radical (unpaired) electrons. The zero-order chi connectivity index (χ0) is 10.3. The molecule has 5 heteroatoms. The summed E-state index contributed by atoms with van der Waals surface area (Å²) in [5.41, 5.74) is -1.95. The molecule has 0 unspecified atom stereocenters. The summed E-state index contributed by atoms with van der Waals surface area (Å²) in [6.45, 7) is 3.65. The van der Waals surface area contributed by atoms with Crippen molar-refractivity contribution in [3.05, 3.63) is 0 Å². The summed E-state index contributed by atoms with van der Waals surface area (Å²) in [5.74, 6) is 2.14. The van der Waals surface area contributed by atoms with Gasteiger partial charge in [-0.25, -0.2) is 0 Å². The monoisotopic (exact) mass is 254 g/mol. The summed E-state index contributed by atoms with van der Waals surface area (Å²) >= 11 is 3.34. The van der Waals surface area contributed by atoms with E-state index < -0.39 is 5.55 Å². The smallest absolute Gasteiger partial charge is 0.193 e. The van der Waals surface area contributed by atoms with E-state index in [-0.39, 0.29) is 0 Å². The summed E-state index contributed by atoms with van der Waals surface area (Å²) in [4.78, 5) is 0. The predicted octanol–water partition coefficient (Wildman–Crippen LogP) is 3.87. The molecule has 0 spiro atoms. The highest BCUT2D eigenvalue weighted by Crippen LogP contribution is 2.71. The Hall–Kier alpha value is 0.890. The third kappa shape index (κ3) is 5.11. The van der Waals surface area contributed by atoms with Crippen molar-refractivity contribution < 1.29 is 9.30 Å². The molecular weight excluding hydrogens is 235 g/mol. The highest BCUT2D eigenvalue weighted by atomic mass is 33.1. The second kappa shape index (κ2) is 7.21. The Labute approximate surface area is 94.8 Å². The minimum absolute atomic E-state index is 0.678. The minimum atomic E-state index is -1.95. The zero-order valence-corrected chi connectivity index (χ0v) is 11.3. The normalized spacial score (nSPS) is 20.9. The second-order valence-corrected chi connectivity index (χ2v) is 12.1. The van der Waals surface area contributed by atoms with Gasteiger partial charge in [0.1, 0.15) is 0 Å². The Morgan fingerprint density at radius 1 is 1.29 bits per heavy atom. The van der Waals surface area contributed by atoms with E-state index in [1.807, 2.05) is 0 Å². The highest BCUT2D eigenvalue weighted by Gasteiger charge is 2.26. The van der Waals surface area contributed by atoms with Crippen molar-refractivity contribution in [2.24, 2.45) is 0 Å². The maximum Gasteiger partial charge on any atom is 0.193 e. The molecule has 1 fully saturated rings. The molecule has 1 saturated heterocycles. The molecule has 0 amide bonds. The van der Waals surface area contributed by atoms with Crippen LogP contribution in [0, 0.1) is 0 Å². The van der Waals surface area contributed by atoms with E-state index in [1.165, 1.54) is 12.8 Å². The van der Waals surface area contributed by atoms with Crippen LogP contribution in [0.3, 0.4) is 0 Å². The van der Waals surface area contributed by atoms with Gasteiger partial charge < -0.3 is 9.30 Å². The fourth-order valence-corrected chi connectivity index (χ4v) is 9.03. The van der Waals surface area contributed by atoms with Crippen LogP contribution in [0.1, 0.15) is 26.2 Å². The summed E-state index contributed by atoms with van der Waals surface area (Å²) in [6, 6.07) is 0. The number of rotatable bonds is 6. The van der Waals surface area contributed by atoms with Gasteiger partial charge >= 0.3 is 0 Å². The van der Waals surface area contributed by atoms with Crippen molar-refractivity contribution in [3.63, 3.8) is 0 Å². The van der Waals surface area contributed by atoms with Crippen LogP contribution in [0.2, 0.25) is 0 Å². The molecule has 1 aliphatic heterocycles. The van der Waals surface area contributed by atoms with Gasteiger partial charge in [-0.3, -0.25) is 0 Å². The predicted molar refractivity (Wildman–Crippen MR) is 67.7 cm³/mol. The SMILES string of the molecule is CCCCOCCP1(=O)SCCCS1. The Kier molecular flexibility index (Phi) is 6.67. The number of unbranched alkanes of at least 4 members (excludes halogenated alkanes) is 1. The lowest BCUT2D eigenvalue weighted by Gasteiger charge is -2.20. The van der Waals surface area contributed by atoms with E-state index in [4.69, 9.17) is 4.74 Å². The maximum absolute atomic E-state index is 12.1. The molecule has 1 heterocycles. The lowest BCUT2D eigenvalue weighted by atomic mass is 10.4. The molecule has 1 rings (SSSR count). The van der Waals surface area contributed by atoms with Gasteiger partial charge in [0.05, 0.1) is 6.61 Å². The van der Waals surface area contributed by atoms with Gasteiger partial charge in [-0.2, -0.15) is 0 Å². The molecule has 0 saturated carbocycles. The first-order valence-corrected chi connectivity index (χ1v) is 10.3. The van der Waals surface area contributed by atoms with Crippen molar-refractivity contribution in [2.45, 2.75) is 26.2 Å². The van der Waals surface area contributed by atoms with Crippen LogP contribution in [-0.4, -0.2) is 30.9 Å². The van der Waals surface area contributed by atoms with Crippen molar-refractivity contribution >= 4 is 28.3 Å². The van der Waals surface area contributed by atoms with Crippen LogP contribution < -0.4 is 0 Å². The summed E-state index contributed by atoms with van der Waals surface area (Å²) in [6.07, 6.45) is 4.24. The molecule has 0 bridgehead atoms. The van der Waals surface area contributed by atoms with Crippen LogP contribution in [0.4, 0.5) is 0 Å². The van der Waals surface area contributed by atoms with Crippen molar-refractivity contribution in [2.75, 3.05) is 30.9 Å². The molecule has 14 heavy (non-hydrogen) atoms. The van der Waals surface area contributed by atoms with Gasteiger partial charge in [-0.1, -0.05) is 36.1 Å². The van der Waals surface area contributed by atoms with Gasteiger partial charge in [0.15, 0.2) is 5.55 Å². The molecule has 84 valence electrons. The van der Waals surface area contributed by atoms with Crippen LogP contribution in [0.5, 0.6) is 0 Å². The molecule has 2 nitrogen and oxygen atoms in total. The molecule has 0 aromatic carbocycles. The molecule has 0 aromatic heterocycles. The van der Waals surface area contributed by atoms with Gasteiger partial charge in [-0.05, 0) is 12.8 Å². The summed E-state index contributed by atoms with van der Waals surface area (Å²) in [5, 5.41) is 0. The van der Waals surface area contributed by atoms with E-state index >= 15 is 0 Å². The Balaban J connectivity index is 2.07. The number of ether oxygens (including phenoxy) is 1. The Morgan fingerprint density at radius 2 is 2.00 bits per heavy atom. The Bertz CT molecular complexity index is 189. The zero-order valence-electron chi connectivity index (χ0n) is 8.74. The van der Waals surface area contributed by atoms with Crippen LogP contribution >= 0.6 is 28.3 Å². The molecule has 0 aromatic rings. The fourth-order valence-electron chi connectivity index (χ4n) is 1.16. The first kappa shape index (κ1) is 13.0. The third-order valence-electron chi connectivity index (χ3n) is 2.02. The average Bonchev–Trinajstić information content (AvgIpc) is 2.18. The quantitative estimate of drug-likeness (QED) is 0.531. The molecule has 0 aliphatic carbocycles. The van der Waals surface area contributed by atoms with Crippen LogP contribution in [0.25, 0.3) is 0 Å². The number of hydrogen-bond donors (Lipinski definition) is 0. The average molecular weight is 254 g/mol. The first-order valence-electron chi connectivity index (χ1n) is 5.23. The van der Waals surface area contributed by atoms with E-state index in [1.54, 1.807) is 22.8 Å². The lowest BCUT2D eigenvalue weighted by molar-refractivity contribution is 0.146. The summed E-state index contributed by atoms with van der Waals surface area (Å²) < 4.78 is 17.6. The van der Waals surface area contributed by atoms with Gasteiger partial charge in [0.25, 0.3) is 0 Å². The molecule has 0 N–H and O–H groups in total. The molecule has 1 aliphatic rings. The van der Waals surface area contributed by atoms with Crippen LogP contribution in [0.15, 0.2) is 0 Å². The second-order valence-electron chi connectivity index (χ2n) is 3.32. The minimum Gasteiger partial charge on any atom is -0.381 e. The lowest BCUT2D eigenvalue weighted by Crippen LogP contribution is -2.02. The van der Waals surface area contributed by atoms with E-state index in [2.05, 4.69) is 6.92 Å². The van der Waals surface area contributed by atoms with Crippen LogP contribution in [-0.2, 0) is 9.30 Å². The molecule has 0 atom stereocenters. The van der Waals surface area contributed by atoms with E-state index in [0.717, 1.165) is 30.7 Å². The highest BCUT2D eigenvalue weighted by molar-refractivity contribution is 8.90. The van der Waals surface area contributed by atoms with Gasteiger partial charge in [-0.15, -0.1) is 0 Å². The van der Waals surface area contributed by atoms with E-state index in [9.17, 15) is 4.57 Å². The van der Waals surface area contributed by atoms with Crippen molar-refractivity contribution in [3.8, 4) is 0 Å². The molecular formula is C9H19O2PS2. The fraction of sp³-hybridized carbons (Fsp3) is 1.00. The third-order valence-corrected chi connectivity index (χ3v) is 10.9. The van der Waals surface area contributed by atoms with Crippen molar-refractivity contribution in [1.82, 2.24) is 0 Å². The van der Waals surface area contributed by atoms with E-state index in [0.29, 0.717) is 6.61 Å². The largest absolute Gasteiger partial charge is 0.381 e. The van der Waals surface area contributed by atoms with Gasteiger partial charge in [0, 0.05) is 24.3 Å². The Morgan fingerprint density at radius 3 is 2.64 bits per heavy atom. The van der Waals surface area contributed by atoms with Crippen molar-refractivity contribution in [1.29, 1.82) is 0 Å². The number of hydrogen-bond acceptors (Lipinski definition) is 4. The maximum atomic E-state index is 12.1. The first-order chi connectivity index (χ1) is 6.77.